The van der Waals surface area contributed by atoms with Crippen LogP contribution < -0.4 is 10.9 Å². The number of hydrogen-bond acceptors (Lipinski definition) is 3. The topological polar surface area (TPSA) is 54.0 Å². The van der Waals surface area contributed by atoms with Crippen LogP contribution in [-0.2, 0) is 4.79 Å². The molecule has 0 aliphatic heterocycles. The summed E-state index contributed by atoms with van der Waals surface area (Å²) < 4.78 is 0. The van der Waals surface area contributed by atoms with E-state index in [9.17, 15) is 4.79 Å². The van der Waals surface area contributed by atoms with Crippen molar-refractivity contribution in [2.75, 3.05) is 11.3 Å². The number of nitrogens with one attached hydrogen (secondary N) is 2. The molecule has 1 aromatic heterocycles. The predicted molar refractivity (Wildman–Crippen MR) is 51.5 cm³/mol. The minimum atomic E-state index is -0.288. The lowest BCUT2D eigenvalue weighted by molar-refractivity contribution is -0.118. The van der Waals surface area contributed by atoms with Gasteiger partial charge in [0.2, 0.25) is 0 Å². The summed E-state index contributed by atoms with van der Waals surface area (Å²) in [5.74, 6) is 0.229. The molecule has 0 atom stereocenters. The number of anilines is 1. The molecule has 0 fully saturated rings. The summed E-state index contributed by atoms with van der Waals surface area (Å²) in [5, 5.41) is 0. The van der Waals surface area contributed by atoms with E-state index in [1.54, 1.807) is 12.3 Å². The molecular weight excluding hydrogens is 190 g/mol. The van der Waals surface area contributed by atoms with Gasteiger partial charge in [0, 0.05) is 6.20 Å². The molecule has 0 aliphatic carbocycles. The van der Waals surface area contributed by atoms with Crippen LogP contribution in [0.4, 0.5) is 5.82 Å². The van der Waals surface area contributed by atoms with Crippen molar-refractivity contribution in [1.29, 1.82) is 0 Å². The van der Waals surface area contributed by atoms with Gasteiger partial charge in [0.15, 0.2) is 0 Å². The fraction of sp³-hybridized carbons (Fsp3) is 0.250. The lowest BCUT2D eigenvalue weighted by Crippen LogP contribution is -2.30. The van der Waals surface area contributed by atoms with E-state index >= 15 is 0 Å². The largest absolute Gasteiger partial charge is 0.282 e. The van der Waals surface area contributed by atoms with Crippen molar-refractivity contribution < 1.29 is 4.79 Å². The molecule has 70 valence electrons. The number of amides is 1. The lowest BCUT2D eigenvalue weighted by Gasteiger charge is -2.05. The van der Waals surface area contributed by atoms with Crippen LogP contribution in [0.25, 0.3) is 0 Å². The van der Waals surface area contributed by atoms with Gasteiger partial charge in [-0.2, -0.15) is 0 Å². The van der Waals surface area contributed by atoms with Gasteiger partial charge in [0.1, 0.15) is 11.7 Å². The first-order valence-corrected chi connectivity index (χ1v) is 4.29. The van der Waals surface area contributed by atoms with Crippen molar-refractivity contribution in [3.8, 4) is 0 Å². The summed E-state index contributed by atoms with van der Waals surface area (Å²) >= 11 is 5.27. The van der Waals surface area contributed by atoms with Crippen LogP contribution in [0, 0.1) is 6.92 Å². The summed E-state index contributed by atoms with van der Waals surface area (Å²) in [5.41, 5.74) is 6.08. The van der Waals surface area contributed by atoms with E-state index < -0.39 is 0 Å². The molecule has 1 rings (SSSR count). The summed E-state index contributed by atoms with van der Waals surface area (Å²) in [7, 11) is 0. The Morgan fingerprint density at radius 3 is 2.92 bits per heavy atom. The Labute approximate surface area is 81.3 Å². The van der Waals surface area contributed by atoms with Crippen LogP contribution in [0.2, 0.25) is 0 Å². The van der Waals surface area contributed by atoms with Gasteiger partial charge in [-0.15, -0.1) is 11.6 Å². The summed E-state index contributed by atoms with van der Waals surface area (Å²) in [6.45, 7) is 1.94. The number of aryl methyl sites for hydroxylation is 1. The quantitative estimate of drug-likeness (QED) is 0.566. The number of rotatable bonds is 3. The summed E-state index contributed by atoms with van der Waals surface area (Å²) in [4.78, 5) is 14.7. The first-order chi connectivity index (χ1) is 6.22. The van der Waals surface area contributed by atoms with Crippen molar-refractivity contribution in [3.05, 3.63) is 23.9 Å². The Balaban J connectivity index is 2.46. The Kier molecular flexibility index (Phi) is 3.52. The number of aromatic nitrogens is 1. The maximum Gasteiger partial charge on any atom is 0.253 e. The molecule has 0 bridgehead atoms. The second-order valence-corrected chi connectivity index (χ2v) is 2.79. The van der Waals surface area contributed by atoms with E-state index in [1.165, 1.54) is 0 Å². The van der Waals surface area contributed by atoms with Gasteiger partial charge in [0.25, 0.3) is 5.91 Å². The smallest absolute Gasteiger partial charge is 0.253 e. The molecule has 0 saturated carbocycles. The van der Waals surface area contributed by atoms with Gasteiger partial charge >= 0.3 is 0 Å². The van der Waals surface area contributed by atoms with Gasteiger partial charge in [-0.05, 0) is 18.6 Å². The monoisotopic (exact) mass is 199 g/mol. The fourth-order valence-corrected chi connectivity index (χ4v) is 0.776. The van der Waals surface area contributed by atoms with Crippen LogP contribution in [0.3, 0.4) is 0 Å². The third-order valence-electron chi connectivity index (χ3n) is 1.36. The van der Waals surface area contributed by atoms with E-state index in [1.807, 2.05) is 13.0 Å². The molecule has 2 N–H and O–H groups in total. The first-order valence-electron chi connectivity index (χ1n) is 3.76. The maximum absolute atomic E-state index is 10.7. The zero-order valence-corrected chi connectivity index (χ0v) is 7.93. The van der Waals surface area contributed by atoms with Gasteiger partial charge in [-0.3, -0.25) is 15.6 Å². The number of carbonyl (C=O) groups excluding carboxylic acids is 1. The lowest BCUT2D eigenvalue weighted by atomic mass is 10.3. The normalized spacial score (nSPS) is 9.38. The minimum absolute atomic E-state index is 0.0706. The fourth-order valence-electron chi connectivity index (χ4n) is 0.709. The molecule has 0 aliphatic rings. The van der Waals surface area contributed by atoms with Crippen molar-refractivity contribution in [2.24, 2.45) is 0 Å². The van der Waals surface area contributed by atoms with Crippen LogP contribution in [0.5, 0.6) is 0 Å². The van der Waals surface area contributed by atoms with Crippen molar-refractivity contribution in [1.82, 2.24) is 10.4 Å². The summed E-state index contributed by atoms with van der Waals surface area (Å²) in [6, 6.07) is 3.66. The number of alkyl halides is 1. The van der Waals surface area contributed by atoms with E-state index in [-0.39, 0.29) is 11.8 Å². The number of pyridine rings is 1. The Morgan fingerprint density at radius 1 is 1.62 bits per heavy atom. The zero-order chi connectivity index (χ0) is 9.68. The zero-order valence-electron chi connectivity index (χ0n) is 7.17. The Morgan fingerprint density at radius 2 is 2.38 bits per heavy atom. The molecule has 0 radical (unpaired) electrons. The van der Waals surface area contributed by atoms with E-state index in [2.05, 4.69) is 15.8 Å². The molecule has 1 amide bonds. The highest BCUT2D eigenvalue weighted by atomic mass is 35.5. The number of halogens is 1. The van der Waals surface area contributed by atoms with Crippen LogP contribution >= 0.6 is 11.6 Å². The first kappa shape index (κ1) is 9.80. The number of hydrogen-bond donors (Lipinski definition) is 2. The second kappa shape index (κ2) is 4.67. The average Bonchev–Trinajstić information content (AvgIpc) is 2.16. The highest BCUT2D eigenvalue weighted by Crippen LogP contribution is 2.01. The number of carbonyl (C=O) groups is 1. The molecular formula is C8H10ClN3O. The molecule has 1 heterocycles. The van der Waals surface area contributed by atoms with E-state index in [0.29, 0.717) is 5.82 Å². The summed E-state index contributed by atoms with van der Waals surface area (Å²) in [6.07, 6.45) is 1.70. The third kappa shape index (κ3) is 3.29. The van der Waals surface area contributed by atoms with Gasteiger partial charge < -0.3 is 0 Å². The maximum atomic E-state index is 10.7. The highest BCUT2D eigenvalue weighted by Gasteiger charge is 1.96. The van der Waals surface area contributed by atoms with E-state index in [4.69, 9.17) is 11.6 Å². The van der Waals surface area contributed by atoms with Crippen molar-refractivity contribution >= 4 is 23.3 Å². The molecule has 13 heavy (non-hydrogen) atoms. The van der Waals surface area contributed by atoms with Crippen molar-refractivity contribution in [2.45, 2.75) is 6.92 Å². The van der Waals surface area contributed by atoms with Gasteiger partial charge in [-0.25, -0.2) is 4.98 Å². The molecule has 1 aromatic rings. The van der Waals surface area contributed by atoms with Crippen LogP contribution in [-0.4, -0.2) is 16.8 Å². The van der Waals surface area contributed by atoms with Crippen LogP contribution in [0.15, 0.2) is 18.3 Å². The molecule has 0 aromatic carbocycles. The molecule has 0 saturated heterocycles. The van der Waals surface area contributed by atoms with Gasteiger partial charge in [0.05, 0.1) is 0 Å². The average molecular weight is 200 g/mol. The van der Waals surface area contributed by atoms with E-state index in [0.717, 1.165) is 5.56 Å². The molecule has 4 nitrogen and oxygen atoms in total. The highest BCUT2D eigenvalue weighted by molar-refractivity contribution is 6.27. The second-order valence-electron chi connectivity index (χ2n) is 2.53. The Hall–Kier alpha value is -1.29. The van der Waals surface area contributed by atoms with Gasteiger partial charge in [-0.1, -0.05) is 6.07 Å². The standard InChI is InChI=1S/C8H10ClN3O/c1-6-2-3-7(10-5-6)11-12-8(13)4-9/h2-3,5H,4H2,1H3,(H,10,11)(H,12,13). The number of nitrogens with zero attached hydrogens (tertiary/aromatic N) is 1. The van der Waals surface area contributed by atoms with Crippen LogP contribution in [0.1, 0.15) is 5.56 Å². The van der Waals surface area contributed by atoms with Crippen molar-refractivity contribution in [3.63, 3.8) is 0 Å². The minimum Gasteiger partial charge on any atom is -0.282 e. The molecule has 0 unspecified atom stereocenters. The molecule has 5 heteroatoms. The number of hydrazine groups is 1. The predicted octanol–water partition coefficient (Wildman–Crippen LogP) is 1.07. The third-order valence-corrected chi connectivity index (χ3v) is 1.61. The SMILES string of the molecule is Cc1ccc(NNC(=O)CCl)nc1. The Bertz CT molecular complexity index is 286. The molecule has 0 spiro atoms.